The van der Waals surface area contributed by atoms with E-state index in [1.165, 1.54) is 11.7 Å². The summed E-state index contributed by atoms with van der Waals surface area (Å²) in [4.78, 5) is 39.8. The molecule has 0 saturated heterocycles. The first-order valence-corrected chi connectivity index (χ1v) is 12.9. The van der Waals surface area contributed by atoms with E-state index >= 15 is 0 Å². The molecule has 0 spiro atoms. The maximum Gasteiger partial charge on any atom is 0.280 e. The van der Waals surface area contributed by atoms with Gasteiger partial charge in [0.15, 0.2) is 5.69 Å². The fraction of sp³-hybridized carbons (Fsp3) is 0.321. The van der Waals surface area contributed by atoms with Crippen molar-refractivity contribution in [3.05, 3.63) is 86.2 Å². The molecule has 1 aromatic carbocycles. The number of fused-ring (bicyclic) bond motifs is 1. The first kappa shape index (κ1) is 26.4. The SMILES string of the molecule is COc1nc(N(C)C)ncc1-n1nc2c(c1C(C)C)C(c1ccc(Cl)cc1)N(c1cc(C)cn(C)c1=O)C2=O. The third-order valence-electron chi connectivity index (χ3n) is 6.75. The Kier molecular flexibility index (Phi) is 6.67. The van der Waals surface area contributed by atoms with Crippen LogP contribution in [0.25, 0.3) is 5.69 Å². The molecule has 0 N–H and O–H groups in total. The summed E-state index contributed by atoms with van der Waals surface area (Å²) in [5.41, 5.74) is 3.98. The maximum absolute atomic E-state index is 14.1. The Morgan fingerprint density at radius 3 is 2.41 bits per heavy atom. The molecule has 0 saturated carbocycles. The van der Waals surface area contributed by atoms with Crippen LogP contribution < -0.4 is 20.1 Å². The Morgan fingerprint density at radius 2 is 1.79 bits per heavy atom. The number of hydrogen-bond donors (Lipinski definition) is 0. The van der Waals surface area contributed by atoms with Gasteiger partial charge < -0.3 is 14.2 Å². The molecule has 4 aromatic rings. The smallest absolute Gasteiger partial charge is 0.280 e. The number of methoxy groups -OCH3 is 1. The summed E-state index contributed by atoms with van der Waals surface area (Å²) < 4.78 is 8.80. The number of carbonyl (C=O) groups is 1. The van der Waals surface area contributed by atoms with Crippen LogP contribution in [-0.2, 0) is 7.05 Å². The minimum absolute atomic E-state index is 0.0534. The lowest BCUT2D eigenvalue weighted by Gasteiger charge is -2.28. The Balaban J connectivity index is 1.80. The second-order valence-electron chi connectivity index (χ2n) is 10.1. The molecule has 39 heavy (non-hydrogen) atoms. The standard InChI is InChI=1S/C28H30ClN7O3/c1-15(2)23-21-22(32-36(23)20-13-30-28(33(4)5)31-25(20)39-7)27(38)35(19-12-16(3)14-34(6)26(19)37)24(21)17-8-10-18(29)11-9-17/h8-15,24H,1-7H3. The highest BCUT2D eigenvalue weighted by molar-refractivity contribution is 6.30. The number of amides is 1. The third kappa shape index (κ3) is 4.34. The molecule has 1 aliphatic rings. The second-order valence-corrected chi connectivity index (χ2v) is 10.6. The van der Waals surface area contributed by atoms with Gasteiger partial charge in [0.05, 0.1) is 25.0 Å². The molecule has 11 heteroatoms. The Labute approximate surface area is 231 Å². The van der Waals surface area contributed by atoms with Gasteiger partial charge in [0.25, 0.3) is 11.5 Å². The van der Waals surface area contributed by atoms with Crippen LogP contribution in [0.5, 0.6) is 5.88 Å². The van der Waals surface area contributed by atoms with E-state index in [2.05, 4.69) is 9.97 Å². The molecule has 5 rings (SSSR count). The van der Waals surface area contributed by atoms with Crippen LogP contribution in [-0.4, -0.2) is 51.4 Å². The fourth-order valence-electron chi connectivity index (χ4n) is 5.07. The molecule has 4 heterocycles. The van der Waals surface area contributed by atoms with Crippen LogP contribution in [0.15, 0.2) is 47.5 Å². The van der Waals surface area contributed by atoms with Crippen LogP contribution in [0.2, 0.25) is 5.02 Å². The van der Waals surface area contributed by atoms with E-state index in [4.69, 9.17) is 21.4 Å². The molecule has 0 radical (unpaired) electrons. The number of ether oxygens (including phenoxy) is 1. The van der Waals surface area contributed by atoms with E-state index in [1.54, 1.807) is 52.1 Å². The van der Waals surface area contributed by atoms with Crippen molar-refractivity contribution in [2.24, 2.45) is 7.05 Å². The highest BCUT2D eigenvalue weighted by Crippen LogP contribution is 2.45. The number of hydrogen-bond acceptors (Lipinski definition) is 7. The highest BCUT2D eigenvalue weighted by atomic mass is 35.5. The molecular formula is C28H30ClN7O3. The molecule has 10 nitrogen and oxygen atoms in total. The van der Waals surface area contributed by atoms with Gasteiger partial charge in [-0.25, -0.2) is 9.67 Å². The van der Waals surface area contributed by atoms with E-state index in [1.807, 2.05) is 47.0 Å². The summed E-state index contributed by atoms with van der Waals surface area (Å²) in [7, 11) is 6.90. The van der Waals surface area contributed by atoms with Crippen LogP contribution in [0.4, 0.5) is 11.6 Å². The summed E-state index contributed by atoms with van der Waals surface area (Å²) in [6, 6.07) is 8.46. The molecule has 0 fully saturated rings. The summed E-state index contributed by atoms with van der Waals surface area (Å²) in [5, 5.41) is 5.38. The van der Waals surface area contributed by atoms with E-state index in [0.717, 1.165) is 22.4 Å². The normalized spacial score (nSPS) is 14.7. The fourth-order valence-corrected chi connectivity index (χ4v) is 5.20. The minimum Gasteiger partial charge on any atom is -0.479 e. The topological polar surface area (TPSA) is 98.4 Å². The number of rotatable bonds is 6. The van der Waals surface area contributed by atoms with E-state index < -0.39 is 6.04 Å². The zero-order valence-electron chi connectivity index (χ0n) is 22.9. The first-order chi connectivity index (χ1) is 18.5. The number of nitrogens with zero attached hydrogens (tertiary/aromatic N) is 7. The number of pyridine rings is 1. The molecule has 202 valence electrons. The van der Waals surface area contributed by atoms with Crippen molar-refractivity contribution >= 4 is 29.1 Å². The maximum atomic E-state index is 14.1. The molecular weight excluding hydrogens is 518 g/mol. The number of aromatic nitrogens is 5. The van der Waals surface area contributed by atoms with E-state index in [0.29, 0.717) is 22.5 Å². The second kappa shape index (κ2) is 9.85. The largest absolute Gasteiger partial charge is 0.479 e. The van der Waals surface area contributed by atoms with Crippen molar-refractivity contribution in [1.29, 1.82) is 0 Å². The summed E-state index contributed by atoms with van der Waals surface area (Å²) in [6.45, 7) is 5.96. The Bertz CT molecular complexity index is 1640. The van der Waals surface area contributed by atoms with Crippen molar-refractivity contribution in [3.8, 4) is 11.6 Å². The Morgan fingerprint density at radius 1 is 1.10 bits per heavy atom. The molecule has 1 aliphatic heterocycles. The minimum atomic E-state index is -0.599. The van der Waals surface area contributed by atoms with Crippen molar-refractivity contribution < 1.29 is 9.53 Å². The Hall–Kier alpha value is -4.18. The average Bonchev–Trinajstić information content (AvgIpc) is 3.41. The van der Waals surface area contributed by atoms with Gasteiger partial charge in [-0.3, -0.25) is 14.5 Å². The van der Waals surface area contributed by atoms with Gasteiger partial charge in [0, 0.05) is 37.9 Å². The predicted molar refractivity (Wildman–Crippen MR) is 151 cm³/mol. The van der Waals surface area contributed by atoms with E-state index in [-0.39, 0.29) is 28.8 Å². The quantitative estimate of drug-likeness (QED) is 0.355. The van der Waals surface area contributed by atoms with Crippen LogP contribution >= 0.6 is 11.6 Å². The lowest BCUT2D eigenvalue weighted by Crippen LogP contribution is -2.36. The van der Waals surface area contributed by atoms with Gasteiger partial charge in [0.1, 0.15) is 11.4 Å². The monoisotopic (exact) mass is 547 g/mol. The van der Waals surface area contributed by atoms with Crippen molar-refractivity contribution in [2.45, 2.75) is 32.7 Å². The number of carbonyl (C=O) groups excluding carboxylic acids is 1. The number of anilines is 2. The lowest BCUT2D eigenvalue weighted by molar-refractivity contribution is 0.0988. The van der Waals surface area contributed by atoms with E-state index in [9.17, 15) is 9.59 Å². The third-order valence-corrected chi connectivity index (χ3v) is 7.00. The predicted octanol–water partition coefficient (Wildman–Crippen LogP) is 4.27. The van der Waals surface area contributed by atoms with Gasteiger partial charge in [-0.1, -0.05) is 37.6 Å². The summed E-state index contributed by atoms with van der Waals surface area (Å²) in [5.74, 6) is 0.398. The molecule has 1 unspecified atom stereocenters. The van der Waals surface area contributed by atoms with Crippen LogP contribution in [0.3, 0.4) is 0 Å². The molecule has 0 bridgehead atoms. The molecule has 3 aromatic heterocycles. The van der Waals surface area contributed by atoms with Crippen molar-refractivity contribution in [2.75, 3.05) is 31.0 Å². The van der Waals surface area contributed by atoms with Crippen LogP contribution in [0.1, 0.15) is 58.7 Å². The zero-order valence-corrected chi connectivity index (χ0v) is 23.7. The summed E-state index contributed by atoms with van der Waals surface area (Å²) in [6.07, 6.45) is 3.39. The molecule has 1 atom stereocenters. The van der Waals surface area contributed by atoms with Gasteiger partial charge in [-0.2, -0.15) is 10.1 Å². The number of halogens is 1. The average molecular weight is 548 g/mol. The molecule has 0 aliphatic carbocycles. The van der Waals surface area contributed by atoms with Gasteiger partial charge in [-0.05, 0) is 42.2 Å². The molecule has 1 amide bonds. The number of benzene rings is 1. The van der Waals surface area contributed by atoms with Gasteiger partial charge >= 0.3 is 0 Å². The van der Waals surface area contributed by atoms with Crippen molar-refractivity contribution in [1.82, 2.24) is 24.3 Å². The highest BCUT2D eigenvalue weighted by Gasteiger charge is 2.46. The van der Waals surface area contributed by atoms with Gasteiger partial charge in [-0.15, -0.1) is 0 Å². The summed E-state index contributed by atoms with van der Waals surface area (Å²) >= 11 is 6.22. The lowest BCUT2D eigenvalue weighted by atomic mass is 9.94. The van der Waals surface area contributed by atoms with Gasteiger partial charge in [0.2, 0.25) is 11.8 Å². The zero-order chi connectivity index (χ0) is 28.2. The first-order valence-electron chi connectivity index (χ1n) is 12.5. The van der Waals surface area contributed by atoms with Crippen molar-refractivity contribution in [3.63, 3.8) is 0 Å². The van der Waals surface area contributed by atoms with Crippen LogP contribution in [0, 0.1) is 6.92 Å². The number of aryl methyl sites for hydroxylation is 2.